The number of nitrogens with one attached hydrogen (secondary N) is 2. The van der Waals surface area contributed by atoms with Crippen LogP contribution in [0.25, 0.3) is 0 Å². The average molecular weight is 328 g/mol. The number of hydrogen-bond donors (Lipinski definition) is 2. The van der Waals surface area contributed by atoms with E-state index in [0.717, 1.165) is 11.1 Å². The van der Waals surface area contributed by atoms with Crippen LogP contribution in [0.1, 0.15) is 25.0 Å². The summed E-state index contributed by atoms with van der Waals surface area (Å²) in [4.78, 5) is 24.9. The predicted octanol–water partition coefficient (Wildman–Crippen LogP) is 4.05. The molecule has 2 amide bonds. The van der Waals surface area contributed by atoms with Crippen molar-refractivity contribution in [3.05, 3.63) is 59.4 Å². The van der Waals surface area contributed by atoms with Gasteiger partial charge < -0.3 is 10.6 Å². The molecule has 0 radical (unpaired) electrons. The molecule has 24 heavy (non-hydrogen) atoms. The Balaban J connectivity index is 2.09. The maximum atomic E-state index is 12.9. The van der Waals surface area contributed by atoms with E-state index in [9.17, 15) is 14.0 Å². The normalized spacial score (nSPS) is 11.0. The summed E-state index contributed by atoms with van der Waals surface area (Å²) in [5, 5.41) is 5.40. The lowest BCUT2D eigenvalue weighted by molar-refractivity contribution is -0.135. The molecule has 4 nitrogen and oxygen atoms in total. The molecular formula is C19H21FN2O2. The minimum absolute atomic E-state index is 0.389. The molecule has 0 aliphatic carbocycles. The van der Waals surface area contributed by atoms with Crippen molar-refractivity contribution < 1.29 is 14.0 Å². The van der Waals surface area contributed by atoms with E-state index in [1.54, 1.807) is 19.9 Å². The van der Waals surface area contributed by atoms with Crippen LogP contribution in [0.5, 0.6) is 0 Å². The molecule has 0 heterocycles. The van der Waals surface area contributed by atoms with Crippen molar-refractivity contribution in [1.82, 2.24) is 0 Å². The molecule has 2 N–H and O–H groups in total. The quantitative estimate of drug-likeness (QED) is 0.832. The molecule has 126 valence electrons. The fourth-order valence-electron chi connectivity index (χ4n) is 2.03. The van der Waals surface area contributed by atoms with Gasteiger partial charge in [0.1, 0.15) is 11.2 Å². The average Bonchev–Trinajstić information content (AvgIpc) is 2.53. The van der Waals surface area contributed by atoms with Crippen molar-refractivity contribution in [1.29, 1.82) is 0 Å². The standard InChI is InChI=1S/C19H21FN2O2/c1-12-5-8-16(11-13(12)2)22-18(24)19(3,4)17(23)21-15-9-6-14(20)7-10-15/h5-11H,1-4H3,(H,21,23)(H,22,24). The third-order valence-corrected chi connectivity index (χ3v) is 4.00. The van der Waals surface area contributed by atoms with Gasteiger partial charge in [-0.2, -0.15) is 0 Å². The van der Waals surface area contributed by atoms with Crippen LogP contribution >= 0.6 is 0 Å². The van der Waals surface area contributed by atoms with Crippen LogP contribution in [0.4, 0.5) is 15.8 Å². The topological polar surface area (TPSA) is 58.2 Å². The largest absolute Gasteiger partial charge is 0.325 e. The van der Waals surface area contributed by atoms with E-state index in [1.807, 2.05) is 26.0 Å². The smallest absolute Gasteiger partial charge is 0.239 e. The number of halogens is 1. The molecule has 2 aromatic carbocycles. The summed E-state index contributed by atoms with van der Waals surface area (Å²) < 4.78 is 12.9. The van der Waals surface area contributed by atoms with Crippen molar-refractivity contribution in [3.8, 4) is 0 Å². The summed E-state index contributed by atoms with van der Waals surface area (Å²) >= 11 is 0. The second-order valence-electron chi connectivity index (χ2n) is 6.34. The van der Waals surface area contributed by atoms with Gasteiger partial charge in [0.2, 0.25) is 11.8 Å². The molecule has 0 atom stereocenters. The summed E-state index contributed by atoms with van der Waals surface area (Å²) in [5.41, 5.74) is 1.98. The number of anilines is 2. The first-order valence-corrected chi connectivity index (χ1v) is 7.66. The van der Waals surface area contributed by atoms with Gasteiger partial charge in [-0.1, -0.05) is 6.07 Å². The number of rotatable bonds is 4. The molecule has 5 heteroatoms. The Morgan fingerprint density at radius 3 is 1.88 bits per heavy atom. The van der Waals surface area contributed by atoms with Gasteiger partial charge in [-0.15, -0.1) is 0 Å². The fraction of sp³-hybridized carbons (Fsp3) is 0.263. The number of amides is 2. The Bertz CT molecular complexity index is 767. The summed E-state index contributed by atoms with van der Waals surface area (Å²) in [5.74, 6) is -1.26. The number of carbonyl (C=O) groups excluding carboxylic acids is 2. The van der Waals surface area contributed by atoms with Crippen LogP contribution in [0.15, 0.2) is 42.5 Å². The molecule has 0 aliphatic heterocycles. The highest BCUT2D eigenvalue weighted by atomic mass is 19.1. The molecular weight excluding hydrogens is 307 g/mol. The van der Waals surface area contributed by atoms with Crippen LogP contribution in [0, 0.1) is 25.1 Å². The van der Waals surface area contributed by atoms with Gasteiger partial charge in [0.25, 0.3) is 0 Å². The van der Waals surface area contributed by atoms with E-state index in [0.29, 0.717) is 11.4 Å². The second-order valence-corrected chi connectivity index (χ2v) is 6.34. The van der Waals surface area contributed by atoms with Gasteiger partial charge in [0.15, 0.2) is 0 Å². The SMILES string of the molecule is Cc1ccc(NC(=O)C(C)(C)C(=O)Nc2ccc(F)cc2)cc1C. The summed E-state index contributed by atoms with van der Waals surface area (Å²) in [6.07, 6.45) is 0. The van der Waals surface area contributed by atoms with Crippen LogP contribution in [-0.4, -0.2) is 11.8 Å². The Hall–Kier alpha value is -2.69. The Labute approximate surface area is 141 Å². The first-order chi connectivity index (χ1) is 11.2. The maximum absolute atomic E-state index is 12.9. The Morgan fingerprint density at radius 1 is 0.833 bits per heavy atom. The van der Waals surface area contributed by atoms with E-state index in [2.05, 4.69) is 10.6 Å². The number of carbonyl (C=O) groups is 2. The highest BCUT2D eigenvalue weighted by molar-refractivity contribution is 6.14. The third-order valence-electron chi connectivity index (χ3n) is 4.00. The minimum Gasteiger partial charge on any atom is -0.325 e. The van der Waals surface area contributed by atoms with Crippen molar-refractivity contribution in [2.75, 3.05) is 10.6 Å². The van der Waals surface area contributed by atoms with Crippen LogP contribution < -0.4 is 10.6 Å². The van der Waals surface area contributed by atoms with Crippen LogP contribution in [0.3, 0.4) is 0 Å². The molecule has 0 saturated carbocycles. The lowest BCUT2D eigenvalue weighted by Crippen LogP contribution is -2.41. The van der Waals surface area contributed by atoms with Crippen LogP contribution in [-0.2, 0) is 9.59 Å². The zero-order chi connectivity index (χ0) is 17.9. The molecule has 0 saturated heterocycles. The molecule has 0 aliphatic rings. The van der Waals surface area contributed by atoms with E-state index in [4.69, 9.17) is 0 Å². The monoisotopic (exact) mass is 328 g/mol. The van der Waals surface area contributed by atoms with E-state index >= 15 is 0 Å². The molecule has 0 spiro atoms. The Kier molecular flexibility index (Phi) is 5.02. The second kappa shape index (κ2) is 6.83. The van der Waals surface area contributed by atoms with Gasteiger partial charge in [0, 0.05) is 11.4 Å². The van der Waals surface area contributed by atoms with Crippen molar-refractivity contribution in [2.45, 2.75) is 27.7 Å². The van der Waals surface area contributed by atoms with Gasteiger partial charge >= 0.3 is 0 Å². The number of hydrogen-bond acceptors (Lipinski definition) is 2. The van der Waals surface area contributed by atoms with Crippen molar-refractivity contribution in [3.63, 3.8) is 0 Å². The Morgan fingerprint density at radius 2 is 1.33 bits per heavy atom. The number of aryl methyl sites for hydroxylation is 2. The lowest BCUT2D eigenvalue weighted by Gasteiger charge is -2.23. The molecule has 0 fully saturated rings. The lowest BCUT2D eigenvalue weighted by atomic mass is 9.90. The summed E-state index contributed by atoms with van der Waals surface area (Å²) in [6.45, 7) is 7.03. The minimum atomic E-state index is -1.28. The van der Waals surface area contributed by atoms with Crippen LogP contribution in [0.2, 0.25) is 0 Å². The number of benzene rings is 2. The van der Waals surface area contributed by atoms with Crippen molar-refractivity contribution >= 4 is 23.2 Å². The van der Waals surface area contributed by atoms with E-state index < -0.39 is 17.2 Å². The molecule has 0 aromatic heterocycles. The van der Waals surface area contributed by atoms with Gasteiger partial charge in [-0.25, -0.2) is 4.39 Å². The zero-order valence-corrected chi connectivity index (χ0v) is 14.2. The summed E-state index contributed by atoms with van der Waals surface area (Å²) in [6, 6.07) is 11.0. The molecule has 2 rings (SSSR count). The first kappa shape index (κ1) is 17.7. The van der Waals surface area contributed by atoms with Gasteiger partial charge in [-0.3, -0.25) is 9.59 Å². The maximum Gasteiger partial charge on any atom is 0.239 e. The first-order valence-electron chi connectivity index (χ1n) is 7.66. The third kappa shape index (κ3) is 3.98. The zero-order valence-electron chi connectivity index (χ0n) is 14.2. The van der Waals surface area contributed by atoms with Gasteiger partial charge in [-0.05, 0) is 75.2 Å². The van der Waals surface area contributed by atoms with E-state index in [-0.39, 0.29) is 5.82 Å². The highest BCUT2D eigenvalue weighted by Gasteiger charge is 2.36. The molecule has 0 bridgehead atoms. The van der Waals surface area contributed by atoms with E-state index in [1.165, 1.54) is 24.3 Å². The molecule has 0 unspecified atom stereocenters. The highest BCUT2D eigenvalue weighted by Crippen LogP contribution is 2.23. The molecule has 2 aromatic rings. The van der Waals surface area contributed by atoms with Gasteiger partial charge in [0.05, 0.1) is 0 Å². The van der Waals surface area contributed by atoms with Crippen molar-refractivity contribution in [2.24, 2.45) is 5.41 Å². The predicted molar refractivity (Wildman–Crippen MR) is 93.4 cm³/mol. The fourth-order valence-corrected chi connectivity index (χ4v) is 2.03. The summed E-state index contributed by atoms with van der Waals surface area (Å²) in [7, 11) is 0.